The number of hydrogen-bond donors (Lipinski definition) is 3. The Kier molecular flexibility index (Phi) is 16.1. The Morgan fingerprint density at radius 3 is 1.87 bits per heavy atom. The molecule has 0 aliphatic rings. The Balaban J connectivity index is 1.18. The highest BCUT2D eigenvalue weighted by atomic mass is 32.5. The number of phenolic OH excluding ortho intramolecular Hbond substituents is 2. The van der Waals surface area contributed by atoms with Gasteiger partial charge in [-0.15, -0.1) is 0 Å². The first-order chi connectivity index (χ1) is 21.7. The van der Waals surface area contributed by atoms with Gasteiger partial charge in [0, 0.05) is 23.6 Å². The standard InChI is InChI=1S/C30H39O13PS/c1-2-41-44(35,45)42-20-19-40-18-17-39-16-15-38-14-13-37-12-11-36-10-9-25(31)22-3-5-23(6-4-22)28-21-27(33)24-7-8-26(32)29(34)30(24)43-28/h3-8,21,32,34H,2,9-20H2,1H3,(H,35,45). The smallest absolute Gasteiger partial charge is 0.324 e. The van der Waals surface area contributed by atoms with Crippen molar-refractivity contribution in [2.24, 2.45) is 0 Å². The number of Topliss-reactive ketones (excluding diaryl/α,β-unsaturated/α-hetero) is 1. The molecule has 1 unspecified atom stereocenters. The van der Waals surface area contributed by atoms with E-state index in [2.05, 4.69) is 0 Å². The molecule has 0 aliphatic carbocycles. The Hall–Kier alpha value is -2.75. The molecule has 1 aromatic heterocycles. The third-order valence-electron chi connectivity index (χ3n) is 6.08. The first-order valence-electron chi connectivity index (χ1n) is 14.3. The predicted octanol–water partition coefficient (Wildman–Crippen LogP) is 3.80. The molecule has 3 rings (SSSR count). The van der Waals surface area contributed by atoms with E-state index in [4.69, 9.17) is 49.0 Å². The first-order valence-corrected chi connectivity index (χ1v) is 16.9. The van der Waals surface area contributed by atoms with Gasteiger partial charge in [0.15, 0.2) is 22.5 Å². The van der Waals surface area contributed by atoms with Crippen molar-refractivity contribution in [3.63, 3.8) is 0 Å². The molecule has 1 atom stereocenters. The fourth-order valence-electron chi connectivity index (χ4n) is 3.86. The molecular formula is C30H39O13PS. The van der Waals surface area contributed by atoms with Gasteiger partial charge in [0.1, 0.15) is 5.76 Å². The zero-order valence-electron chi connectivity index (χ0n) is 25.0. The molecule has 0 bridgehead atoms. The summed E-state index contributed by atoms with van der Waals surface area (Å²) >= 11 is 4.79. The zero-order valence-corrected chi connectivity index (χ0v) is 26.7. The van der Waals surface area contributed by atoms with E-state index in [0.717, 1.165) is 0 Å². The Morgan fingerprint density at radius 2 is 1.31 bits per heavy atom. The van der Waals surface area contributed by atoms with Crippen LogP contribution < -0.4 is 5.43 Å². The Bertz CT molecular complexity index is 1440. The molecule has 0 saturated carbocycles. The van der Waals surface area contributed by atoms with E-state index >= 15 is 0 Å². The maximum Gasteiger partial charge on any atom is 0.324 e. The fourth-order valence-corrected chi connectivity index (χ4v) is 5.11. The number of ketones is 1. The molecule has 15 heteroatoms. The zero-order chi connectivity index (χ0) is 32.5. The number of phenols is 2. The summed E-state index contributed by atoms with van der Waals surface area (Å²) in [7, 11) is 0. The van der Waals surface area contributed by atoms with Crippen LogP contribution in [0.1, 0.15) is 23.7 Å². The van der Waals surface area contributed by atoms with Crippen LogP contribution in [0.5, 0.6) is 11.5 Å². The molecule has 45 heavy (non-hydrogen) atoms. The van der Waals surface area contributed by atoms with E-state index in [1.807, 2.05) is 0 Å². The summed E-state index contributed by atoms with van der Waals surface area (Å²) in [5, 5.41) is 19.9. The quantitative estimate of drug-likeness (QED) is 0.0576. The number of fused-ring (bicyclic) bond motifs is 1. The van der Waals surface area contributed by atoms with E-state index < -0.39 is 18.2 Å². The van der Waals surface area contributed by atoms with Crippen LogP contribution in [0.25, 0.3) is 22.3 Å². The third-order valence-corrected chi connectivity index (χ3v) is 7.80. The molecule has 1 heterocycles. The van der Waals surface area contributed by atoms with Crippen LogP contribution >= 0.6 is 6.72 Å². The highest BCUT2D eigenvalue weighted by molar-refractivity contribution is 8.07. The summed E-state index contributed by atoms with van der Waals surface area (Å²) in [6, 6.07) is 10.4. The maximum atomic E-state index is 12.5. The third kappa shape index (κ3) is 12.9. The summed E-state index contributed by atoms with van der Waals surface area (Å²) in [6.45, 7) is 2.63. The second-order valence-corrected chi connectivity index (χ2v) is 12.2. The van der Waals surface area contributed by atoms with Crippen LogP contribution in [0.3, 0.4) is 0 Å². The first kappa shape index (κ1) is 36.7. The molecule has 0 fully saturated rings. The van der Waals surface area contributed by atoms with Crippen LogP contribution in [0, 0.1) is 0 Å². The number of aromatic hydroxyl groups is 2. The van der Waals surface area contributed by atoms with E-state index in [9.17, 15) is 24.7 Å². The van der Waals surface area contributed by atoms with Crippen molar-refractivity contribution in [1.82, 2.24) is 0 Å². The molecular weight excluding hydrogens is 631 g/mol. The second kappa shape index (κ2) is 19.7. The summed E-state index contributed by atoms with van der Waals surface area (Å²) in [4.78, 5) is 34.5. The van der Waals surface area contributed by atoms with E-state index in [0.29, 0.717) is 64.0 Å². The van der Waals surface area contributed by atoms with Gasteiger partial charge in [-0.3, -0.25) is 9.59 Å². The minimum atomic E-state index is -3.16. The highest BCUT2D eigenvalue weighted by Crippen LogP contribution is 2.43. The molecule has 248 valence electrons. The average Bonchev–Trinajstić information content (AvgIpc) is 3.02. The number of rotatable bonds is 23. The van der Waals surface area contributed by atoms with Gasteiger partial charge in [0.05, 0.1) is 84.7 Å². The molecule has 3 N–H and O–H groups in total. The molecule has 2 aromatic carbocycles. The molecule has 0 radical (unpaired) electrons. The highest BCUT2D eigenvalue weighted by Gasteiger charge is 2.15. The summed E-state index contributed by atoms with van der Waals surface area (Å²) in [5.74, 6) is -0.810. The average molecular weight is 671 g/mol. The van der Waals surface area contributed by atoms with Crippen molar-refractivity contribution in [3.8, 4) is 22.8 Å². The van der Waals surface area contributed by atoms with Crippen molar-refractivity contribution in [1.29, 1.82) is 0 Å². The van der Waals surface area contributed by atoms with Gasteiger partial charge in [0.25, 0.3) is 0 Å². The van der Waals surface area contributed by atoms with Gasteiger partial charge < -0.3 is 52.3 Å². The minimum absolute atomic E-state index is 0.106. The lowest BCUT2D eigenvalue weighted by Crippen LogP contribution is -2.14. The normalized spacial score (nSPS) is 12.8. The van der Waals surface area contributed by atoms with Crippen molar-refractivity contribution in [2.45, 2.75) is 13.3 Å². The predicted molar refractivity (Wildman–Crippen MR) is 168 cm³/mol. The van der Waals surface area contributed by atoms with E-state index in [1.54, 1.807) is 31.2 Å². The SMILES string of the molecule is CCOP(O)(=S)OCCOCCOCCOCCOCCOCCC(=O)c1ccc(-c2cc(=O)c3ccc(O)c(O)c3o2)cc1. The van der Waals surface area contributed by atoms with Gasteiger partial charge in [-0.25, -0.2) is 0 Å². The van der Waals surface area contributed by atoms with Gasteiger partial charge in [-0.2, -0.15) is 0 Å². The lowest BCUT2D eigenvalue weighted by Gasteiger charge is -2.14. The summed E-state index contributed by atoms with van der Waals surface area (Å²) in [5.41, 5.74) is 0.537. The van der Waals surface area contributed by atoms with Crippen LogP contribution in [-0.4, -0.2) is 100 Å². The number of carbonyl (C=O) groups is 1. The molecule has 0 spiro atoms. The Morgan fingerprint density at radius 1 is 0.778 bits per heavy atom. The second-order valence-electron chi connectivity index (χ2n) is 9.32. The Labute approximate surface area is 265 Å². The minimum Gasteiger partial charge on any atom is -0.504 e. The van der Waals surface area contributed by atoms with Crippen molar-refractivity contribution < 1.29 is 57.0 Å². The van der Waals surface area contributed by atoms with E-state index in [-0.39, 0.29) is 60.8 Å². The van der Waals surface area contributed by atoms with Gasteiger partial charge in [0.2, 0.25) is 5.75 Å². The number of benzene rings is 2. The molecule has 0 amide bonds. The maximum absolute atomic E-state index is 12.5. The largest absolute Gasteiger partial charge is 0.504 e. The van der Waals surface area contributed by atoms with Crippen molar-refractivity contribution in [3.05, 3.63) is 58.3 Å². The number of carbonyl (C=O) groups excluding carboxylic acids is 1. The lowest BCUT2D eigenvalue weighted by atomic mass is 10.0. The molecule has 0 aliphatic heterocycles. The van der Waals surface area contributed by atoms with E-state index in [1.165, 1.54) is 18.2 Å². The number of hydrogen-bond acceptors (Lipinski definition) is 13. The van der Waals surface area contributed by atoms with Crippen LogP contribution in [0.2, 0.25) is 0 Å². The fraction of sp³-hybridized carbons (Fsp3) is 0.467. The number of ether oxygens (including phenoxy) is 5. The van der Waals surface area contributed by atoms with Gasteiger partial charge >= 0.3 is 6.72 Å². The van der Waals surface area contributed by atoms with Crippen LogP contribution in [-0.2, 0) is 44.5 Å². The van der Waals surface area contributed by atoms with Crippen molar-refractivity contribution in [2.75, 3.05) is 79.3 Å². The lowest BCUT2D eigenvalue weighted by molar-refractivity contribution is -0.0129. The van der Waals surface area contributed by atoms with Crippen molar-refractivity contribution >= 4 is 35.3 Å². The van der Waals surface area contributed by atoms with Crippen LogP contribution in [0.4, 0.5) is 0 Å². The summed E-state index contributed by atoms with van der Waals surface area (Å²) < 4.78 is 42.7. The van der Waals surface area contributed by atoms with Gasteiger partial charge in [-0.1, -0.05) is 24.3 Å². The molecule has 0 saturated heterocycles. The topological polar surface area (TPSA) is 173 Å². The van der Waals surface area contributed by atoms with Gasteiger partial charge in [-0.05, 0) is 30.9 Å². The molecule has 3 aromatic rings. The molecule has 13 nitrogen and oxygen atoms in total. The summed E-state index contributed by atoms with van der Waals surface area (Å²) in [6.07, 6.45) is 0.187. The monoisotopic (exact) mass is 670 g/mol. The van der Waals surface area contributed by atoms with Crippen LogP contribution in [0.15, 0.2) is 51.7 Å².